The third-order valence-corrected chi connectivity index (χ3v) is 6.40. The van der Waals surface area contributed by atoms with Crippen LogP contribution in [0, 0.1) is 6.92 Å². The van der Waals surface area contributed by atoms with Crippen LogP contribution in [0.25, 0.3) is 22.4 Å². The van der Waals surface area contributed by atoms with Crippen molar-refractivity contribution in [2.24, 2.45) is 0 Å². The van der Waals surface area contributed by atoms with Crippen LogP contribution < -0.4 is 24.8 Å². The molecule has 0 bridgehead atoms. The maximum absolute atomic E-state index is 13.0. The van der Waals surface area contributed by atoms with E-state index in [1.165, 1.54) is 21.3 Å². The van der Waals surface area contributed by atoms with Crippen molar-refractivity contribution in [1.82, 2.24) is 9.97 Å². The van der Waals surface area contributed by atoms with Gasteiger partial charge in [-0.3, -0.25) is 9.59 Å². The summed E-state index contributed by atoms with van der Waals surface area (Å²) in [5, 5.41) is 5.81. The summed E-state index contributed by atoms with van der Waals surface area (Å²) >= 11 is 0. The Labute approximate surface area is 231 Å². The van der Waals surface area contributed by atoms with Gasteiger partial charge in [0.2, 0.25) is 5.75 Å². The van der Waals surface area contributed by atoms with Crippen molar-refractivity contribution in [1.29, 1.82) is 0 Å². The van der Waals surface area contributed by atoms with Crippen molar-refractivity contribution in [2.75, 3.05) is 32.0 Å². The molecule has 40 heavy (non-hydrogen) atoms. The number of benzene rings is 4. The van der Waals surface area contributed by atoms with Gasteiger partial charge in [0.05, 0.1) is 32.4 Å². The van der Waals surface area contributed by atoms with Crippen LogP contribution in [0.3, 0.4) is 0 Å². The first-order valence-corrected chi connectivity index (χ1v) is 12.5. The molecular weight excluding hydrogens is 508 g/mol. The third-order valence-electron chi connectivity index (χ3n) is 6.40. The summed E-state index contributed by atoms with van der Waals surface area (Å²) in [7, 11) is 4.50. The average Bonchev–Trinajstić information content (AvgIpc) is 3.40. The summed E-state index contributed by atoms with van der Waals surface area (Å²) in [5.41, 5.74) is 5.69. The number of ether oxygens (including phenoxy) is 3. The number of hydrogen-bond donors (Lipinski definition) is 3. The molecule has 0 spiro atoms. The Hall–Kier alpha value is -5.31. The fourth-order valence-corrected chi connectivity index (χ4v) is 4.26. The molecule has 5 aromatic rings. The molecule has 0 aliphatic rings. The number of aromatic nitrogens is 2. The van der Waals surface area contributed by atoms with Crippen molar-refractivity contribution in [3.63, 3.8) is 0 Å². The fourth-order valence-electron chi connectivity index (χ4n) is 4.26. The van der Waals surface area contributed by atoms with Gasteiger partial charge in [0.1, 0.15) is 5.82 Å². The monoisotopic (exact) mass is 536 g/mol. The molecule has 9 heteroatoms. The molecule has 0 fully saturated rings. The Bertz CT molecular complexity index is 1670. The van der Waals surface area contributed by atoms with Gasteiger partial charge in [0.25, 0.3) is 11.8 Å². The molecule has 202 valence electrons. The summed E-state index contributed by atoms with van der Waals surface area (Å²) in [6.07, 6.45) is 0. The van der Waals surface area contributed by atoms with Gasteiger partial charge < -0.3 is 29.8 Å². The number of nitrogens with one attached hydrogen (secondary N) is 3. The van der Waals surface area contributed by atoms with E-state index in [1.807, 2.05) is 55.5 Å². The first-order chi connectivity index (χ1) is 19.4. The quantitative estimate of drug-likeness (QED) is 0.222. The lowest BCUT2D eigenvalue weighted by Crippen LogP contribution is -2.12. The number of carbonyl (C=O) groups is 2. The molecule has 3 N–H and O–H groups in total. The van der Waals surface area contributed by atoms with Crippen molar-refractivity contribution in [3.05, 3.63) is 95.6 Å². The number of methoxy groups -OCH3 is 3. The van der Waals surface area contributed by atoms with Crippen LogP contribution in [0.2, 0.25) is 0 Å². The number of amides is 2. The summed E-state index contributed by atoms with van der Waals surface area (Å²) in [6.45, 7) is 1.98. The Morgan fingerprint density at radius 3 is 1.93 bits per heavy atom. The molecule has 4 aromatic carbocycles. The molecule has 2 amide bonds. The minimum absolute atomic E-state index is 0.169. The largest absolute Gasteiger partial charge is 0.493 e. The second-order valence-corrected chi connectivity index (χ2v) is 9.08. The standard InChI is InChI=1S/C31H28N4O5/c1-18-5-7-20(8-6-18)30(36)32-22-11-9-19(10-12-22)29-34-24-14-13-23(17-25(24)35-29)33-31(37)21-15-26(38-2)28(40-4)27(16-21)39-3/h5-17H,1-4H3,(H,32,36)(H,33,37)(H,34,35). The molecule has 0 atom stereocenters. The van der Waals surface area contributed by atoms with Crippen LogP contribution in [0.1, 0.15) is 26.3 Å². The Morgan fingerprint density at radius 1 is 0.700 bits per heavy atom. The average molecular weight is 537 g/mol. The molecule has 0 aliphatic heterocycles. The Kier molecular flexibility index (Phi) is 7.37. The van der Waals surface area contributed by atoms with Gasteiger partial charge in [-0.1, -0.05) is 17.7 Å². The van der Waals surface area contributed by atoms with Crippen LogP contribution in [0.4, 0.5) is 11.4 Å². The normalized spacial score (nSPS) is 10.7. The van der Waals surface area contributed by atoms with E-state index in [1.54, 1.807) is 30.3 Å². The lowest BCUT2D eigenvalue weighted by molar-refractivity contribution is 0.101. The minimum Gasteiger partial charge on any atom is -0.493 e. The molecule has 5 rings (SSSR count). The molecular formula is C31H28N4O5. The molecule has 0 aliphatic carbocycles. The van der Waals surface area contributed by atoms with Crippen molar-refractivity contribution in [2.45, 2.75) is 6.92 Å². The van der Waals surface area contributed by atoms with Gasteiger partial charge >= 0.3 is 0 Å². The van der Waals surface area contributed by atoms with Crippen LogP contribution in [0.5, 0.6) is 17.2 Å². The molecule has 1 heterocycles. The summed E-state index contributed by atoms with van der Waals surface area (Å²) < 4.78 is 16.0. The zero-order valence-electron chi connectivity index (χ0n) is 22.5. The predicted molar refractivity (Wildman–Crippen MR) is 155 cm³/mol. The van der Waals surface area contributed by atoms with E-state index in [-0.39, 0.29) is 11.8 Å². The Balaban J connectivity index is 1.31. The van der Waals surface area contributed by atoms with E-state index in [0.717, 1.165) is 22.2 Å². The van der Waals surface area contributed by atoms with Gasteiger partial charge in [-0.2, -0.15) is 0 Å². The minimum atomic E-state index is -0.332. The highest BCUT2D eigenvalue weighted by Gasteiger charge is 2.17. The summed E-state index contributed by atoms with van der Waals surface area (Å²) in [4.78, 5) is 33.5. The number of aromatic amines is 1. The van der Waals surface area contributed by atoms with Crippen molar-refractivity contribution < 1.29 is 23.8 Å². The number of nitrogens with zero attached hydrogens (tertiary/aromatic N) is 1. The van der Waals surface area contributed by atoms with Crippen LogP contribution in [-0.2, 0) is 0 Å². The predicted octanol–water partition coefficient (Wildman–Crippen LogP) is 6.07. The maximum Gasteiger partial charge on any atom is 0.255 e. The Morgan fingerprint density at radius 2 is 1.30 bits per heavy atom. The SMILES string of the molecule is COc1cc(C(=O)Nc2ccc3nc(-c4ccc(NC(=O)c5ccc(C)cc5)cc4)[nH]c3c2)cc(OC)c1OC. The number of imidazole rings is 1. The third kappa shape index (κ3) is 5.44. The number of aryl methyl sites for hydroxylation is 1. The zero-order valence-corrected chi connectivity index (χ0v) is 22.5. The number of H-pyrrole nitrogens is 1. The smallest absolute Gasteiger partial charge is 0.255 e. The number of anilines is 2. The number of fused-ring (bicyclic) bond motifs is 1. The maximum atomic E-state index is 13.0. The van der Waals surface area contributed by atoms with E-state index < -0.39 is 0 Å². The highest BCUT2D eigenvalue weighted by Crippen LogP contribution is 2.38. The highest BCUT2D eigenvalue weighted by atomic mass is 16.5. The second kappa shape index (κ2) is 11.2. The van der Waals surface area contributed by atoms with E-state index in [0.29, 0.717) is 45.6 Å². The highest BCUT2D eigenvalue weighted by molar-refractivity contribution is 6.06. The van der Waals surface area contributed by atoms with E-state index in [2.05, 4.69) is 20.6 Å². The molecule has 0 radical (unpaired) electrons. The first kappa shape index (κ1) is 26.3. The lowest BCUT2D eigenvalue weighted by atomic mass is 10.1. The number of carbonyl (C=O) groups excluding carboxylic acids is 2. The lowest BCUT2D eigenvalue weighted by Gasteiger charge is -2.14. The molecule has 0 unspecified atom stereocenters. The summed E-state index contributed by atoms with van der Waals surface area (Å²) in [6, 6.07) is 23.5. The van der Waals surface area contributed by atoms with E-state index in [9.17, 15) is 9.59 Å². The topological polar surface area (TPSA) is 115 Å². The van der Waals surface area contributed by atoms with E-state index in [4.69, 9.17) is 14.2 Å². The first-order valence-electron chi connectivity index (χ1n) is 12.5. The van der Waals surface area contributed by atoms with Gasteiger partial charge in [-0.25, -0.2) is 4.98 Å². The van der Waals surface area contributed by atoms with Crippen LogP contribution in [0.15, 0.2) is 78.9 Å². The second-order valence-electron chi connectivity index (χ2n) is 9.08. The summed E-state index contributed by atoms with van der Waals surface area (Å²) in [5.74, 6) is 1.36. The van der Waals surface area contributed by atoms with Crippen LogP contribution in [-0.4, -0.2) is 43.1 Å². The van der Waals surface area contributed by atoms with Crippen molar-refractivity contribution in [3.8, 4) is 28.6 Å². The zero-order chi connectivity index (χ0) is 28.2. The number of hydrogen-bond acceptors (Lipinski definition) is 6. The molecule has 0 saturated heterocycles. The van der Waals surface area contributed by atoms with Gasteiger partial charge in [0, 0.05) is 28.1 Å². The van der Waals surface area contributed by atoms with Gasteiger partial charge in [-0.15, -0.1) is 0 Å². The van der Waals surface area contributed by atoms with Gasteiger partial charge in [0.15, 0.2) is 11.5 Å². The fraction of sp³-hybridized carbons (Fsp3) is 0.129. The number of rotatable bonds is 8. The molecule has 9 nitrogen and oxygen atoms in total. The van der Waals surface area contributed by atoms with Crippen LogP contribution >= 0.6 is 0 Å². The van der Waals surface area contributed by atoms with Gasteiger partial charge in [-0.05, 0) is 73.7 Å². The van der Waals surface area contributed by atoms with E-state index >= 15 is 0 Å². The molecule has 1 aromatic heterocycles. The van der Waals surface area contributed by atoms with Crippen molar-refractivity contribution >= 4 is 34.2 Å². The molecule has 0 saturated carbocycles.